The van der Waals surface area contributed by atoms with Crippen LogP contribution in [-0.4, -0.2) is 49.4 Å². The van der Waals surface area contributed by atoms with Gasteiger partial charge in [0, 0.05) is 26.2 Å². The third-order valence-electron chi connectivity index (χ3n) is 4.33. The van der Waals surface area contributed by atoms with Crippen LogP contribution in [0.25, 0.3) is 0 Å². The standard InChI is InChI=1S/C17H24F2N2O/c1-20(2)17(22)12-21-10-4-5-13(11-21)8-9-14-15(18)6-3-7-16(14)19/h3,6-7,13H,4-5,8-12H2,1-2H3/t13-/m1/s1. The van der Waals surface area contributed by atoms with Crippen molar-refractivity contribution in [3.05, 3.63) is 35.4 Å². The number of benzene rings is 1. The van der Waals surface area contributed by atoms with Crippen molar-refractivity contribution in [3.63, 3.8) is 0 Å². The third-order valence-corrected chi connectivity index (χ3v) is 4.33. The molecule has 0 radical (unpaired) electrons. The van der Waals surface area contributed by atoms with Crippen LogP contribution in [0.4, 0.5) is 8.78 Å². The number of piperidine rings is 1. The molecule has 0 spiro atoms. The SMILES string of the molecule is CN(C)C(=O)CN1CCC[C@H](CCc2c(F)cccc2F)C1. The fourth-order valence-electron chi connectivity index (χ4n) is 2.98. The Morgan fingerprint density at radius 1 is 1.32 bits per heavy atom. The van der Waals surface area contributed by atoms with Gasteiger partial charge in [-0.15, -0.1) is 0 Å². The van der Waals surface area contributed by atoms with Gasteiger partial charge in [0.15, 0.2) is 0 Å². The Balaban J connectivity index is 1.87. The van der Waals surface area contributed by atoms with Gasteiger partial charge in [-0.1, -0.05) is 6.07 Å². The maximum absolute atomic E-state index is 13.6. The molecule has 1 aliphatic heterocycles. The first-order valence-electron chi connectivity index (χ1n) is 7.82. The smallest absolute Gasteiger partial charge is 0.236 e. The van der Waals surface area contributed by atoms with Crippen molar-refractivity contribution < 1.29 is 13.6 Å². The van der Waals surface area contributed by atoms with Crippen LogP contribution < -0.4 is 0 Å². The van der Waals surface area contributed by atoms with Crippen molar-refractivity contribution >= 4 is 5.91 Å². The molecule has 0 unspecified atom stereocenters. The first kappa shape index (κ1) is 16.9. The van der Waals surface area contributed by atoms with E-state index in [1.807, 2.05) is 0 Å². The molecule has 3 nitrogen and oxygen atoms in total. The summed E-state index contributed by atoms with van der Waals surface area (Å²) in [7, 11) is 3.51. The number of nitrogens with zero attached hydrogens (tertiary/aromatic N) is 2. The molecule has 1 aliphatic rings. The lowest BCUT2D eigenvalue weighted by molar-refractivity contribution is -0.130. The van der Waals surface area contributed by atoms with E-state index in [0.29, 0.717) is 18.9 Å². The summed E-state index contributed by atoms with van der Waals surface area (Å²) < 4.78 is 27.3. The van der Waals surface area contributed by atoms with E-state index >= 15 is 0 Å². The highest BCUT2D eigenvalue weighted by Gasteiger charge is 2.22. The molecule has 1 atom stereocenters. The van der Waals surface area contributed by atoms with E-state index in [1.165, 1.54) is 18.2 Å². The Labute approximate surface area is 130 Å². The van der Waals surface area contributed by atoms with E-state index in [0.717, 1.165) is 32.4 Å². The first-order chi connectivity index (χ1) is 10.5. The lowest BCUT2D eigenvalue weighted by Crippen LogP contribution is -2.42. The number of carbonyl (C=O) groups excluding carboxylic acids is 1. The van der Waals surface area contributed by atoms with E-state index in [1.54, 1.807) is 19.0 Å². The quantitative estimate of drug-likeness (QED) is 0.835. The maximum atomic E-state index is 13.6. The molecule has 0 N–H and O–H groups in total. The van der Waals surface area contributed by atoms with Crippen LogP contribution in [0.15, 0.2) is 18.2 Å². The maximum Gasteiger partial charge on any atom is 0.236 e. The van der Waals surface area contributed by atoms with E-state index in [-0.39, 0.29) is 11.5 Å². The average molecular weight is 310 g/mol. The molecule has 0 aromatic heterocycles. The summed E-state index contributed by atoms with van der Waals surface area (Å²) in [5.41, 5.74) is 0.184. The fourth-order valence-corrected chi connectivity index (χ4v) is 2.98. The van der Waals surface area contributed by atoms with Gasteiger partial charge in [0.1, 0.15) is 11.6 Å². The highest BCUT2D eigenvalue weighted by Crippen LogP contribution is 2.23. The van der Waals surface area contributed by atoms with Gasteiger partial charge >= 0.3 is 0 Å². The van der Waals surface area contributed by atoms with Crippen LogP contribution in [0.5, 0.6) is 0 Å². The molecular weight excluding hydrogens is 286 g/mol. The first-order valence-corrected chi connectivity index (χ1v) is 7.82. The molecule has 0 bridgehead atoms. The fraction of sp³-hybridized carbons (Fsp3) is 0.588. The van der Waals surface area contributed by atoms with Crippen LogP contribution in [0.1, 0.15) is 24.8 Å². The zero-order chi connectivity index (χ0) is 16.1. The van der Waals surface area contributed by atoms with Crippen molar-refractivity contribution in [1.29, 1.82) is 0 Å². The normalized spacial score (nSPS) is 19.2. The zero-order valence-electron chi connectivity index (χ0n) is 13.3. The van der Waals surface area contributed by atoms with Gasteiger partial charge in [0.2, 0.25) is 5.91 Å². The van der Waals surface area contributed by atoms with Crippen molar-refractivity contribution in [2.75, 3.05) is 33.7 Å². The van der Waals surface area contributed by atoms with Gasteiger partial charge in [0.25, 0.3) is 0 Å². The number of hydrogen-bond donors (Lipinski definition) is 0. The molecule has 0 saturated carbocycles. The average Bonchev–Trinajstić information content (AvgIpc) is 2.47. The number of rotatable bonds is 5. The molecule has 1 aromatic carbocycles. The molecule has 122 valence electrons. The molecule has 1 fully saturated rings. The monoisotopic (exact) mass is 310 g/mol. The van der Waals surface area contributed by atoms with Crippen LogP contribution in [0.2, 0.25) is 0 Å². The van der Waals surface area contributed by atoms with Gasteiger partial charge in [-0.05, 0) is 50.3 Å². The minimum atomic E-state index is -0.463. The van der Waals surface area contributed by atoms with E-state index in [4.69, 9.17) is 0 Å². The Kier molecular flexibility index (Phi) is 5.89. The summed E-state index contributed by atoms with van der Waals surface area (Å²) in [6.07, 6.45) is 3.26. The summed E-state index contributed by atoms with van der Waals surface area (Å²) in [6.45, 7) is 2.18. The number of likely N-dealkylation sites (tertiary alicyclic amines) is 1. The van der Waals surface area contributed by atoms with Gasteiger partial charge < -0.3 is 4.90 Å². The lowest BCUT2D eigenvalue weighted by atomic mass is 9.91. The van der Waals surface area contributed by atoms with Crippen LogP contribution in [-0.2, 0) is 11.2 Å². The van der Waals surface area contributed by atoms with Gasteiger partial charge in [-0.3, -0.25) is 9.69 Å². The molecule has 5 heteroatoms. The number of carbonyl (C=O) groups is 1. The summed E-state index contributed by atoms with van der Waals surface area (Å²) in [4.78, 5) is 15.5. The Morgan fingerprint density at radius 3 is 2.64 bits per heavy atom. The van der Waals surface area contributed by atoms with Crippen molar-refractivity contribution in [3.8, 4) is 0 Å². The van der Waals surface area contributed by atoms with Crippen LogP contribution in [0, 0.1) is 17.6 Å². The predicted octanol–water partition coefficient (Wildman–Crippen LogP) is 2.70. The Bertz CT molecular complexity index is 499. The molecular formula is C17H24F2N2O. The molecule has 1 aromatic rings. The Morgan fingerprint density at radius 2 is 2.00 bits per heavy atom. The van der Waals surface area contributed by atoms with E-state index < -0.39 is 11.6 Å². The third kappa shape index (κ3) is 4.50. The topological polar surface area (TPSA) is 23.6 Å². The largest absolute Gasteiger partial charge is 0.348 e. The molecule has 1 saturated heterocycles. The second-order valence-electron chi connectivity index (χ2n) is 6.27. The van der Waals surface area contributed by atoms with Gasteiger partial charge in [-0.2, -0.15) is 0 Å². The predicted molar refractivity (Wildman–Crippen MR) is 82.5 cm³/mol. The Hall–Kier alpha value is -1.49. The molecule has 1 amide bonds. The lowest BCUT2D eigenvalue weighted by Gasteiger charge is -2.33. The zero-order valence-corrected chi connectivity index (χ0v) is 13.3. The van der Waals surface area contributed by atoms with Crippen molar-refractivity contribution in [2.24, 2.45) is 5.92 Å². The summed E-state index contributed by atoms with van der Waals surface area (Å²) in [5, 5.41) is 0. The molecule has 1 heterocycles. The second-order valence-corrected chi connectivity index (χ2v) is 6.27. The minimum Gasteiger partial charge on any atom is -0.348 e. The molecule has 0 aliphatic carbocycles. The van der Waals surface area contributed by atoms with Crippen molar-refractivity contribution in [1.82, 2.24) is 9.80 Å². The molecule has 2 rings (SSSR count). The molecule has 22 heavy (non-hydrogen) atoms. The number of halogens is 2. The van der Waals surface area contributed by atoms with Gasteiger partial charge in [-0.25, -0.2) is 8.78 Å². The second kappa shape index (κ2) is 7.68. The highest BCUT2D eigenvalue weighted by molar-refractivity contribution is 5.77. The summed E-state index contributed by atoms with van der Waals surface area (Å²) >= 11 is 0. The van der Waals surface area contributed by atoms with Crippen molar-refractivity contribution in [2.45, 2.75) is 25.7 Å². The van der Waals surface area contributed by atoms with E-state index in [9.17, 15) is 13.6 Å². The van der Waals surface area contributed by atoms with Crippen LogP contribution in [0.3, 0.4) is 0 Å². The summed E-state index contributed by atoms with van der Waals surface area (Å²) in [6, 6.07) is 4.01. The number of hydrogen-bond acceptors (Lipinski definition) is 2. The van der Waals surface area contributed by atoms with Crippen LogP contribution >= 0.6 is 0 Å². The summed E-state index contributed by atoms with van der Waals surface area (Å²) in [5.74, 6) is -0.436. The highest BCUT2D eigenvalue weighted by atomic mass is 19.1. The number of likely N-dealkylation sites (N-methyl/N-ethyl adjacent to an activating group) is 1. The minimum absolute atomic E-state index is 0.0980. The number of amides is 1. The van der Waals surface area contributed by atoms with E-state index in [2.05, 4.69) is 4.90 Å². The van der Waals surface area contributed by atoms with Gasteiger partial charge in [0.05, 0.1) is 6.54 Å².